The Morgan fingerprint density at radius 3 is 2.92 bits per heavy atom. The van der Waals surface area contributed by atoms with Crippen molar-refractivity contribution in [3.05, 3.63) is 11.3 Å². The van der Waals surface area contributed by atoms with Gasteiger partial charge in [-0.25, -0.2) is 4.79 Å². The summed E-state index contributed by atoms with van der Waals surface area (Å²) in [5.41, 5.74) is 12.1. The Morgan fingerprint density at radius 2 is 2.42 bits per heavy atom. The van der Waals surface area contributed by atoms with Crippen LogP contribution in [0.3, 0.4) is 0 Å². The van der Waals surface area contributed by atoms with Crippen LogP contribution >= 0.6 is 11.5 Å². The van der Waals surface area contributed by atoms with Crippen molar-refractivity contribution in [2.24, 2.45) is 11.5 Å². The van der Waals surface area contributed by atoms with Crippen molar-refractivity contribution in [1.29, 1.82) is 0 Å². The molecule has 0 spiro atoms. The summed E-state index contributed by atoms with van der Waals surface area (Å²) in [6, 6.07) is -0.589. The van der Waals surface area contributed by atoms with E-state index < -0.39 is 6.03 Å². The van der Waals surface area contributed by atoms with Gasteiger partial charge in [0.2, 0.25) is 0 Å². The zero-order chi connectivity index (χ0) is 9.14. The van der Waals surface area contributed by atoms with Gasteiger partial charge in [0.15, 0.2) is 0 Å². The Balaban J connectivity index is 2.91. The van der Waals surface area contributed by atoms with Gasteiger partial charge in [-0.3, -0.25) is 5.32 Å². The number of nitrogens with two attached hydrogens (primary N) is 2. The fraction of sp³-hybridized carbons (Fsp3) is 0.333. The molecular weight excluding hydrogens is 176 g/mol. The van der Waals surface area contributed by atoms with Gasteiger partial charge in [0.05, 0.1) is 5.69 Å². The molecule has 0 atom stereocenters. The van der Waals surface area contributed by atoms with Crippen LogP contribution in [0, 0.1) is 6.92 Å². The second-order valence-corrected chi connectivity index (χ2v) is 3.04. The molecule has 66 valence electrons. The number of amides is 2. The lowest BCUT2D eigenvalue weighted by Crippen LogP contribution is -2.19. The van der Waals surface area contributed by atoms with Crippen LogP contribution in [0.5, 0.6) is 0 Å². The van der Waals surface area contributed by atoms with Crippen molar-refractivity contribution in [2.75, 3.05) is 5.32 Å². The first kappa shape index (κ1) is 8.95. The molecule has 0 bridgehead atoms. The Kier molecular flexibility index (Phi) is 2.61. The smallest absolute Gasteiger partial charge is 0.317 e. The highest BCUT2D eigenvalue weighted by molar-refractivity contribution is 7.10. The summed E-state index contributed by atoms with van der Waals surface area (Å²) in [7, 11) is 0. The summed E-state index contributed by atoms with van der Waals surface area (Å²) in [6.45, 7) is 2.20. The van der Waals surface area contributed by atoms with Crippen LogP contribution in [-0.2, 0) is 6.54 Å². The summed E-state index contributed by atoms with van der Waals surface area (Å²) in [5.74, 6) is 0. The molecule has 2 amide bonds. The van der Waals surface area contributed by atoms with Gasteiger partial charge in [0.25, 0.3) is 0 Å². The number of nitrogens with one attached hydrogen (secondary N) is 1. The number of hydrogen-bond acceptors (Lipinski definition) is 4. The number of rotatable bonds is 2. The van der Waals surface area contributed by atoms with E-state index in [0.717, 1.165) is 11.3 Å². The Hall–Kier alpha value is -1.14. The fourth-order valence-electron chi connectivity index (χ4n) is 0.839. The van der Waals surface area contributed by atoms with Crippen molar-refractivity contribution in [2.45, 2.75) is 13.5 Å². The third-order valence-electron chi connectivity index (χ3n) is 1.43. The molecule has 5 N–H and O–H groups in total. The van der Waals surface area contributed by atoms with Crippen LogP contribution in [0.25, 0.3) is 0 Å². The van der Waals surface area contributed by atoms with Gasteiger partial charge in [-0.2, -0.15) is 4.37 Å². The van der Waals surface area contributed by atoms with Gasteiger partial charge in [-0.1, -0.05) is 0 Å². The SMILES string of the molecule is Cc1nsc(NC(N)=O)c1CN. The lowest BCUT2D eigenvalue weighted by molar-refractivity contribution is 0.259. The molecule has 0 saturated carbocycles. The zero-order valence-corrected chi connectivity index (χ0v) is 7.44. The molecule has 12 heavy (non-hydrogen) atoms. The van der Waals surface area contributed by atoms with Gasteiger partial charge >= 0.3 is 6.03 Å². The van der Waals surface area contributed by atoms with Crippen LogP contribution in [0.4, 0.5) is 9.80 Å². The molecule has 5 nitrogen and oxygen atoms in total. The first-order valence-electron chi connectivity index (χ1n) is 3.36. The maximum Gasteiger partial charge on any atom is 0.317 e. The van der Waals surface area contributed by atoms with Gasteiger partial charge in [-0.15, -0.1) is 0 Å². The van der Waals surface area contributed by atoms with Gasteiger partial charge in [0.1, 0.15) is 5.00 Å². The van der Waals surface area contributed by atoms with Gasteiger partial charge < -0.3 is 11.5 Å². The van der Waals surface area contributed by atoms with Crippen molar-refractivity contribution in [3.8, 4) is 0 Å². The van der Waals surface area contributed by atoms with E-state index in [1.165, 1.54) is 11.5 Å². The first-order chi connectivity index (χ1) is 5.65. The molecule has 0 aliphatic rings. The average molecular weight is 186 g/mol. The zero-order valence-electron chi connectivity index (χ0n) is 6.63. The lowest BCUT2D eigenvalue weighted by Gasteiger charge is -1.99. The number of primary amides is 1. The van der Waals surface area contributed by atoms with E-state index in [1.807, 2.05) is 6.92 Å². The number of anilines is 1. The molecule has 1 heterocycles. The highest BCUT2D eigenvalue weighted by atomic mass is 32.1. The summed E-state index contributed by atoms with van der Waals surface area (Å²) in [5, 5.41) is 3.10. The number of aryl methyl sites for hydroxylation is 1. The number of carbonyl (C=O) groups excluding carboxylic acids is 1. The van der Waals surface area contributed by atoms with Gasteiger partial charge in [0, 0.05) is 12.1 Å². The molecule has 1 rings (SSSR count). The minimum absolute atomic E-state index is 0.359. The Bertz CT molecular complexity index is 296. The second kappa shape index (κ2) is 3.51. The molecule has 0 aliphatic carbocycles. The largest absolute Gasteiger partial charge is 0.351 e. The molecule has 1 aromatic heterocycles. The van der Waals surface area contributed by atoms with Gasteiger partial charge in [-0.05, 0) is 18.5 Å². The van der Waals surface area contributed by atoms with E-state index in [2.05, 4.69) is 9.69 Å². The predicted molar refractivity (Wildman–Crippen MR) is 47.9 cm³/mol. The molecule has 0 fully saturated rings. The maximum atomic E-state index is 10.5. The minimum Gasteiger partial charge on any atom is -0.351 e. The Morgan fingerprint density at radius 1 is 1.75 bits per heavy atom. The van der Waals surface area contributed by atoms with Crippen LogP contribution in [0.2, 0.25) is 0 Å². The number of aromatic nitrogens is 1. The van der Waals surface area contributed by atoms with Crippen LogP contribution in [-0.4, -0.2) is 10.4 Å². The quantitative estimate of drug-likeness (QED) is 0.624. The molecule has 0 aromatic carbocycles. The van der Waals surface area contributed by atoms with E-state index in [1.54, 1.807) is 0 Å². The molecule has 1 aromatic rings. The average Bonchev–Trinajstić information content (AvgIpc) is 2.30. The van der Waals surface area contributed by atoms with E-state index >= 15 is 0 Å². The summed E-state index contributed by atoms with van der Waals surface area (Å²) in [6.07, 6.45) is 0. The number of nitrogens with zero attached hydrogens (tertiary/aromatic N) is 1. The Labute approximate surface area is 73.9 Å². The number of carbonyl (C=O) groups is 1. The molecule has 6 heteroatoms. The number of hydrogen-bond donors (Lipinski definition) is 3. The van der Waals surface area contributed by atoms with Crippen LogP contribution < -0.4 is 16.8 Å². The highest BCUT2D eigenvalue weighted by Gasteiger charge is 2.09. The molecule has 0 radical (unpaired) electrons. The summed E-state index contributed by atoms with van der Waals surface area (Å²) in [4.78, 5) is 10.5. The standard InChI is InChI=1S/C6H10N4OS/c1-3-4(2-7)5(12-10-3)9-6(8)11/h2,7H2,1H3,(H3,8,9,11). The summed E-state index contributed by atoms with van der Waals surface area (Å²) >= 11 is 1.19. The lowest BCUT2D eigenvalue weighted by atomic mass is 10.2. The van der Waals surface area contributed by atoms with E-state index in [9.17, 15) is 4.79 Å². The first-order valence-corrected chi connectivity index (χ1v) is 4.14. The van der Waals surface area contributed by atoms with Crippen molar-refractivity contribution in [1.82, 2.24) is 4.37 Å². The van der Waals surface area contributed by atoms with Crippen LogP contribution in [0.15, 0.2) is 0 Å². The third-order valence-corrected chi connectivity index (χ3v) is 2.32. The summed E-state index contributed by atoms with van der Waals surface area (Å²) < 4.78 is 4.03. The van der Waals surface area contributed by atoms with Crippen LogP contribution in [0.1, 0.15) is 11.3 Å². The van der Waals surface area contributed by atoms with E-state index in [-0.39, 0.29) is 0 Å². The normalized spacial score (nSPS) is 9.83. The van der Waals surface area contributed by atoms with Crippen molar-refractivity contribution >= 4 is 22.6 Å². The molecule has 0 aliphatic heterocycles. The topological polar surface area (TPSA) is 94.0 Å². The van der Waals surface area contributed by atoms with Crippen molar-refractivity contribution in [3.63, 3.8) is 0 Å². The fourth-order valence-corrected chi connectivity index (χ4v) is 1.67. The minimum atomic E-state index is -0.589. The molecule has 0 saturated heterocycles. The monoisotopic (exact) mass is 186 g/mol. The molecular formula is C6H10N4OS. The third kappa shape index (κ3) is 1.72. The maximum absolute atomic E-state index is 10.5. The predicted octanol–water partition coefficient (Wildman–Crippen LogP) is 0.401. The van der Waals surface area contributed by atoms with E-state index in [4.69, 9.17) is 11.5 Å². The molecule has 0 unspecified atom stereocenters. The highest BCUT2D eigenvalue weighted by Crippen LogP contribution is 2.23. The number of urea groups is 1. The second-order valence-electron chi connectivity index (χ2n) is 2.27. The van der Waals surface area contributed by atoms with Crippen molar-refractivity contribution < 1.29 is 4.79 Å². The van der Waals surface area contributed by atoms with E-state index in [0.29, 0.717) is 11.5 Å².